The summed E-state index contributed by atoms with van der Waals surface area (Å²) in [5.41, 5.74) is 3.08. The lowest BCUT2D eigenvalue weighted by atomic mass is 9.66. The molecule has 0 aromatic heterocycles. The van der Waals surface area contributed by atoms with E-state index < -0.39 is 79.3 Å². The van der Waals surface area contributed by atoms with Gasteiger partial charge in [-0.15, -0.1) is 0 Å². The number of aliphatic hydroxyl groups is 3. The van der Waals surface area contributed by atoms with Crippen LogP contribution in [0.5, 0.6) is 28.7 Å². The molecule has 4 N–H and O–H groups in total. The lowest BCUT2D eigenvalue weighted by Gasteiger charge is -2.45. The average molecular weight is 830 g/mol. The Morgan fingerprint density at radius 2 is 1.42 bits per heavy atom. The average Bonchev–Trinajstić information content (AvgIpc) is 3.90. The van der Waals surface area contributed by atoms with Crippen molar-refractivity contribution >= 4 is 18.2 Å². The minimum Gasteiger partial charge on any atom is -0.493 e. The van der Waals surface area contributed by atoms with Gasteiger partial charge in [0.15, 0.2) is 29.3 Å². The van der Waals surface area contributed by atoms with Crippen LogP contribution in [-0.2, 0) is 41.7 Å². The lowest BCUT2D eigenvalue weighted by Crippen LogP contribution is -2.65. The molecule has 0 unspecified atom stereocenters. The second-order valence-corrected chi connectivity index (χ2v) is 14.5. The molecule has 2 fully saturated rings. The Bertz CT molecular complexity index is 2160. The van der Waals surface area contributed by atoms with E-state index in [2.05, 4.69) is 5.32 Å². The number of fused-ring (bicyclic) bond motifs is 3. The van der Waals surface area contributed by atoms with Crippen LogP contribution in [0.15, 0.2) is 84.9 Å². The number of hydrogen-bond donors (Lipinski definition) is 4. The van der Waals surface area contributed by atoms with Crippen LogP contribution in [0, 0.1) is 11.8 Å². The molecular weight excluding hydrogens is 786 g/mol. The van der Waals surface area contributed by atoms with Crippen LogP contribution in [0.1, 0.15) is 39.8 Å². The third kappa shape index (κ3) is 8.09. The quantitative estimate of drug-likeness (QED) is 0.0906. The first-order valence-corrected chi connectivity index (χ1v) is 19.2. The molecule has 8 rings (SSSR count). The fraction of sp³-hybridized carbons (Fsp3) is 0.372. The summed E-state index contributed by atoms with van der Waals surface area (Å²) in [7, 11) is 2.78. The monoisotopic (exact) mass is 829 g/mol. The first-order valence-electron chi connectivity index (χ1n) is 19.2. The van der Waals surface area contributed by atoms with Crippen molar-refractivity contribution in [2.45, 2.75) is 55.9 Å². The first-order chi connectivity index (χ1) is 29.2. The van der Waals surface area contributed by atoms with E-state index in [0.29, 0.717) is 33.8 Å². The van der Waals surface area contributed by atoms with Crippen LogP contribution in [0.25, 0.3) is 0 Å². The third-order valence-electron chi connectivity index (χ3n) is 11.0. The molecule has 17 heteroatoms. The zero-order valence-electron chi connectivity index (χ0n) is 32.5. The van der Waals surface area contributed by atoms with Gasteiger partial charge in [0.1, 0.15) is 37.6 Å². The molecule has 316 valence electrons. The van der Waals surface area contributed by atoms with Crippen molar-refractivity contribution in [2.75, 3.05) is 34.2 Å². The number of amides is 1. The number of esters is 1. The Hall–Kier alpha value is -6.11. The molecule has 1 amide bonds. The maximum atomic E-state index is 13.9. The number of ether oxygens (including phenoxy) is 10. The van der Waals surface area contributed by atoms with Crippen LogP contribution in [0.4, 0.5) is 9.59 Å². The maximum absolute atomic E-state index is 13.9. The number of cyclic esters (lactones) is 1. The van der Waals surface area contributed by atoms with Crippen molar-refractivity contribution in [3.05, 3.63) is 113 Å². The van der Waals surface area contributed by atoms with E-state index >= 15 is 0 Å². The number of rotatable bonds is 12. The number of aliphatic hydroxyl groups excluding tert-OH is 3. The predicted octanol–water partition coefficient (Wildman–Crippen LogP) is 3.87. The Balaban J connectivity index is 1.13. The predicted molar refractivity (Wildman–Crippen MR) is 204 cm³/mol. The molecule has 60 heavy (non-hydrogen) atoms. The van der Waals surface area contributed by atoms with Gasteiger partial charge in [-0.25, -0.2) is 9.59 Å². The van der Waals surface area contributed by atoms with Crippen LogP contribution in [-0.4, -0.2) is 98.4 Å². The molecule has 1 aliphatic carbocycles. The van der Waals surface area contributed by atoms with Crippen molar-refractivity contribution in [2.24, 2.45) is 11.8 Å². The molecular formula is C43H43NO16. The van der Waals surface area contributed by atoms with Crippen LogP contribution >= 0.6 is 0 Å². The summed E-state index contributed by atoms with van der Waals surface area (Å²) in [5, 5.41) is 34.8. The smallest absolute Gasteiger partial charge is 0.493 e. The van der Waals surface area contributed by atoms with Gasteiger partial charge in [-0.1, -0.05) is 60.7 Å². The van der Waals surface area contributed by atoms with E-state index in [-0.39, 0.29) is 43.9 Å². The van der Waals surface area contributed by atoms with Gasteiger partial charge in [-0.3, -0.25) is 4.79 Å². The molecule has 3 aliphatic heterocycles. The molecule has 0 radical (unpaired) electrons. The Labute approximate surface area is 343 Å². The minimum absolute atomic E-state index is 0.0347. The highest BCUT2D eigenvalue weighted by Gasteiger charge is 2.55. The van der Waals surface area contributed by atoms with Gasteiger partial charge < -0.3 is 68.0 Å². The van der Waals surface area contributed by atoms with Crippen molar-refractivity contribution in [3.8, 4) is 28.7 Å². The van der Waals surface area contributed by atoms with E-state index in [9.17, 15) is 29.7 Å². The van der Waals surface area contributed by atoms with Gasteiger partial charge >= 0.3 is 18.2 Å². The minimum atomic E-state index is -1.67. The topological polar surface area (TPSA) is 216 Å². The maximum Gasteiger partial charge on any atom is 0.514 e. The number of carbonyl (C=O) groups is 3. The van der Waals surface area contributed by atoms with Crippen LogP contribution in [0.2, 0.25) is 0 Å². The molecule has 17 nitrogen and oxygen atoms in total. The van der Waals surface area contributed by atoms with Crippen LogP contribution in [0.3, 0.4) is 0 Å². The molecule has 9 atom stereocenters. The highest BCUT2D eigenvalue weighted by molar-refractivity contribution is 5.79. The highest BCUT2D eigenvalue weighted by Crippen LogP contribution is 2.57. The first kappa shape index (κ1) is 40.7. The number of carbonyl (C=O) groups excluding carboxylic acids is 3. The summed E-state index contributed by atoms with van der Waals surface area (Å²) in [6, 6.07) is 23.3. The van der Waals surface area contributed by atoms with Gasteiger partial charge in [0, 0.05) is 11.8 Å². The fourth-order valence-corrected chi connectivity index (χ4v) is 8.09. The van der Waals surface area contributed by atoms with E-state index in [0.717, 1.165) is 5.56 Å². The zero-order chi connectivity index (χ0) is 41.9. The van der Waals surface area contributed by atoms with Crippen LogP contribution < -0.4 is 29.0 Å². The summed E-state index contributed by atoms with van der Waals surface area (Å²) < 4.78 is 57.7. The van der Waals surface area contributed by atoms with Gasteiger partial charge in [-0.2, -0.15) is 0 Å². The number of alkyl carbamates (subject to hydrolysis) is 1. The van der Waals surface area contributed by atoms with Crippen molar-refractivity contribution < 1.29 is 77.1 Å². The van der Waals surface area contributed by atoms with Gasteiger partial charge in [0.05, 0.1) is 39.5 Å². The van der Waals surface area contributed by atoms with E-state index in [1.165, 1.54) is 14.2 Å². The summed E-state index contributed by atoms with van der Waals surface area (Å²) >= 11 is 0. The van der Waals surface area contributed by atoms with E-state index in [1.807, 2.05) is 24.3 Å². The Morgan fingerprint density at radius 3 is 2.03 bits per heavy atom. The summed E-state index contributed by atoms with van der Waals surface area (Å²) in [5.74, 6) is -1.95. The third-order valence-corrected chi connectivity index (χ3v) is 11.0. The standard InChI is InChI=1S/C43H43NO16/c1-51-30-13-24(14-31(52-2)39(30)60-43(50)55-19-23-11-7-4-8-12-23)33-25-15-28-29(57-21-56-28)16-26(25)38(27-20-53-40(48)34(27)33)59-41-35(37(47)36(46)32(17-45)58-41)44-42(49)54-18-22-9-5-3-6-10-22/h3-16,27,32-38,41,45-47H,17-21H2,1-2H3,(H,44,49)/t27-,32+,33+,34-,35+,36+,37+,38+,41-/m0/s1. The molecule has 4 aliphatic rings. The van der Waals surface area contributed by atoms with Gasteiger partial charge in [-0.05, 0) is 52.1 Å². The molecule has 2 saturated heterocycles. The number of nitrogens with one attached hydrogen (secondary N) is 1. The largest absolute Gasteiger partial charge is 0.514 e. The lowest BCUT2D eigenvalue weighted by molar-refractivity contribution is -0.289. The van der Waals surface area contributed by atoms with E-state index in [1.54, 1.807) is 60.7 Å². The summed E-state index contributed by atoms with van der Waals surface area (Å²) in [6.45, 7) is -0.971. The summed E-state index contributed by atoms with van der Waals surface area (Å²) in [6.07, 6.45) is -9.02. The Morgan fingerprint density at radius 1 is 0.800 bits per heavy atom. The number of hydrogen-bond acceptors (Lipinski definition) is 16. The number of benzene rings is 4. The van der Waals surface area contributed by atoms with Crippen molar-refractivity contribution in [1.82, 2.24) is 5.32 Å². The number of methoxy groups -OCH3 is 2. The van der Waals surface area contributed by atoms with E-state index in [4.69, 9.17) is 47.4 Å². The van der Waals surface area contributed by atoms with Crippen molar-refractivity contribution in [3.63, 3.8) is 0 Å². The molecule has 0 bridgehead atoms. The molecule has 3 heterocycles. The molecule has 4 aromatic carbocycles. The van der Waals surface area contributed by atoms with Gasteiger partial charge in [0.2, 0.25) is 12.5 Å². The fourth-order valence-electron chi connectivity index (χ4n) is 8.09. The SMILES string of the molecule is COc1cc([C@@H]2c3cc4c(cc3[C@@H](O[C@@H]3O[C@H](CO)[C@@H](O)[C@H](O)[C@H]3NC(=O)OCc3ccccc3)[C@H]3COC(=O)[C@H]23)OCO4)cc(OC)c1OC(=O)OCc1ccccc1. The molecule has 0 saturated carbocycles. The highest BCUT2D eigenvalue weighted by atomic mass is 16.7. The summed E-state index contributed by atoms with van der Waals surface area (Å²) in [4.78, 5) is 39.9. The second kappa shape index (κ2) is 17.6. The zero-order valence-corrected chi connectivity index (χ0v) is 32.5. The molecule has 4 aromatic rings. The Kier molecular flexibility index (Phi) is 11.9. The molecule has 0 spiro atoms. The second-order valence-electron chi connectivity index (χ2n) is 14.5. The normalized spacial score (nSPS) is 26.2. The van der Waals surface area contributed by atoms with Crippen molar-refractivity contribution in [1.29, 1.82) is 0 Å². The van der Waals surface area contributed by atoms with Gasteiger partial charge in [0.25, 0.3) is 0 Å².